The van der Waals surface area contributed by atoms with Gasteiger partial charge in [-0.1, -0.05) is 36.4 Å². The number of hydrogen-bond acceptors (Lipinski definition) is 4. The number of hydrogen-bond donors (Lipinski definition) is 1. The molecule has 0 unspecified atom stereocenters. The number of fused-ring (bicyclic) bond motifs is 2. The minimum absolute atomic E-state index is 0.101. The van der Waals surface area contributed by atoms with Crippen molar-refractivity contribution in [3.63, 3.8) is 0 Å². The van der Waals surface area contributed by atoms with Crippen molar-refractivity contribution in [1.82, 2.24) is 10.3 Å². The predicted octanol–water partition coefficient (Wildman–Crippen LogP) is 4.08. The van der Waals surface area contributed by atoms with Gasteiger partial charge >= 0.3 is 0 Å². The van der Waals surface area contributed by atoms with Gasteiger partial charge in [0.1, 0.15) is 5.71 Å². The number of aromatic nitrogens is 1. The van der Waals surface area contributed by atoms with Crippen molar-refractivity contribution in [2.24, 2.45) is 9.98 Å². The second-order valence-electron chi connectivity index (χ2n) is 7.51. The monoisotopic (exact) mass is 398 g/mol. The average molecular weight is 398 g/mol. The topological polar surface area (TPSA) is 66.7 Å². The van der Waals surface area contributed by atoms with Gasteiger partial charge < -0.3 is 5.32 Å². The van der Waals surface area contributed by atoms with Crippen LogP contribution in [0, 0.1) is 5.95 Å². The summed E-state index contributed by atoms with van der Waals surface area (Å²) >= 11 is 0. The second kappa shape index (κ2) is 7.30. The molecule has 6 heteroatoms. The van der Waals surface area contributed by atoms with Crippen molar-refractivity contribution < 1.29 is 9.18 Å². The van der Waals surface area contributed by atoms with E-state index in [1.54, 1.807) is 6.07 Å². The van der Waals surface area contributed by atoms with Crippen molar-refractivity contribution in [2.45, 2.75) is 25.9 Å². The third-order valence-electron chi connectivity index (χ3n) is 5.49. The van der Waals surface area contributed by atoms with Crippen LogP contribution < -0.4 is 5.32 Å². The highest BCUT2D eigenvalue weighted by atomic mass is 19.1. The van der Waals surface area contributed by atoms with Crippen LogP contribution in [0.15, 0.2) is 70.8 Å². The highest BCUT2D eigenvalue weighted by Gasteiger charge is 2.26. The Labute approximate surface area is 173 Å². The first-order valence-electron chi connectivity index (χ1n) is 9.84. The number of aliphatic imine (C=N–C) groups is 2. The van der Waals surface area contributed by atoms with E-state index >= 15 is 0 Å². The summed E-state index contributed by atoms with van der Waals surface area (Å²) in [5.74, 6) is -0.692. The van der Waals surface area contributed by atoms with Crippen molar-refractivity contribution in [2.75, 3.05) is 0 Å². The van der Waals surface area contributed by atoms with Crippen LogP contribution in [0.4, 0.5) is 10.1 Å². The Balaban J connectivity index is 1.38. The second-order valence-corrected chi connectivity index (χ2v) is 7.51. The number of amides is 1. The molecule has 5 rings (SSSR count). The molecule has 1 N–H and O–H groups in total. The Hall–Kier alpha value is -3.67. The molecule has 0 saturated heterocycles. The first kappa shape index (κ1) is 18.4. The Morgan fingerprint density at radius 1 is 1.10 bits per heavy atom. The average Bonchev–Trinajstić information content (AvgIpc) is 3.36. The minimum Gasteiger partial charge on any atom is -0.344 e. The standard InChI is InChI=1S/C24H19FN4O/c1-14(15-5-3-2-4-6-15)28-24(30)21-10-17-9-18-13-27-23(19(18)12-20(17)29-21)16-7-8-26-22(25)11-16/h2-9,11-12,14H,10,13H2,1H3,(H,28,30)/t14-/m1/s1. The van der Waals surface area contributed by atoms with Crippen LogP contribution in [0.25, 0.3) is 0 Å². The zero-order chi connectivity index (χ0) is 20.7. The molecule has 2 aromatic carbocycles. The summed E-state index contributed by atoms with van der Waals surface area (Å²) in [5, 5.41) is 3.03. The molecule has 3 aromatic rings. The van der Waals surface area contributed by atoms with Crippen LogP contribution in [0.5, 0.6) is 0 Å². The van der Waals surface area contributed by atoms with Gasteiger partial charge in [-0.3, -0.25) is 9.79 Å². The molecule has 1 aromatic heterocycles. The largest absolute Gasteiger partial charge is 0.344 e. The SMILES string of the molecule is C[C@@H](NC(=O)C1=Nc2cc3c(cc2C1)CN=C3c1ccnc(F)c1)c1ccccc1. The number of carbonyl (C=O) groups is 1. The number of carbonyl (C=O) groups excluding carboxylic acids is 1. The molecular weight excluding hydrogens is 379 g/mol. The fraction of sp³-hybridized carbons (Fsp3) is 0.167. The molecule has 3 heterocycles. The molecule has 5 nitrogen and oxygen atoms in total. The van der Waals surface area contributed by atoms with Gasteiger partial charge in [-0.15, -0.1) is 0 Å². The summed E-state index contributed by atoms with van der Waals surface area (Å²) in [6.45, 7) is 2.50. The van der Waals surface area contributed by atoms with E-state index in [0.717, 1.165) is 33.7 Å². The van der Waals surface area contributed by atoms with E-state index in [4.69, 9.17) is 0 Å². The first-order valence-corrected chi connectivity index (χ1v) is 9.84. The molecule has 0 saturated carbocycles. The Morgan fingerprint density at radius 3 is 2.73 bits per heavy atom. The molecule has 0 fully saturated rings. The Morgan fingerprint density at radius 2 is 1.93 bits per heavy atom. The highest BCUT2D eigenvalue weighted by Crippen LogP contribution is 2.34. The molecule has 148 valence electrons. The van der Waals surface area contributed by atoms with E-state index in [9.17, 15) is 9.18 Å². The van der Waals surface area contributed by atoms with E-state index in [2.05, 4.69) is 26.4 Å². The number of rotatable bonds is 4. The maximum Gasteiger partial charge on any atom is 0.266 e. The molecule has 1 amide bonds. The Bertz CT molecular complexity index is 1220. The van der Waals surface area contributed by atoms with Crippen molar-refractivity contribution >= 4 is 23.0 Å². The summed E-state index contributed by atoms with van der Waals surface area (Å²) < 4.78 is 13.6. The fourth-order valence-corrected chi connectivity index (χ4v) is 3.93. The molecule has 0 aliphatic carbocycles. The molecule has 0 bridgehead atoms. The van der Waals surface area contributed by atoms with Gasteiger partial charge in [-0.2, -0.15) is 4.39 Å². The molecule has 30 heavy (non-hydrogen) atoms. The smallest absolute Gasteiger partial charge is 0.266 e. The van der Waals surface area contributed by atoms with Gasteiger partial charge in [0.15, 0.2) is 0 Å². The lowest BCUT2D eigenvalue weighted by Gasteiger charge is -2.14. The zero-order valence-corrected chi connectivity index (χ0v) is 16.4. The highest BCUT2D eigenvalue weighted by molar-refractivity contribution is 6.41. The molecular formula is C24H19FN4O. The predicted molar refractivity (Wildman–Crippen MR) is 114 cm³/mol. The van der Waals surface area contributed by atoms with Crippen molar-refractivity contribution in [1.29, 1.82) is 0 Å². The first-order chi connectivity index (χ1) is 14.6. The molecule has 1 atom stereocenters. The van der Waals surface area contributed by atoms with E-state index in [1.165, 1.54) is 12.3 Å². The fourth-order valence-electron chi connectivity index (χ4n) is 3.93. The minimum atomic E-state index is -0.533. The van der Waals surface area contributed by atoms with Gasteiger partial charge in [0, 0.05) is 29.8 Å². The van der Waals surface area contributed by atoms with Gasteiger partial charge in [0.05, 0.1) is 24.0 Å². The maximum atomic E-state index is 13.6. The lowest BCUT2D eigenvalue weighted by atomic mass is 9.97. The van der Waals surface area contributed by atoms with E-state index in [-0.39, 0.29) is 11.9 Å². The Kier molecular flexibility index (Phi) is 4.47. The lowest BCUT2D eigenvalue weighted by molar-refractivity contribution is -0.115. The third-order valence-corrected chi connectivity index (χ3v) is 5.49. The zero-order valence-electron chi connectivity index (χ0n) is 16.4. The number of nitrogens with one attached hydrogen (secondary N) is 1. The number of pyridine rings is 1. The van der Waals surface area contributed by atoms with Gasteiger partial charge in [0.2, 0.25) is 5.95 Å². The molecule has 2 aliphatic rings. The van der Waals surface area contributed by atoms with Gasteiger partial charge in [-0.25, -0.2) is 9.98 Å². The summed E-state index contributed by atoms with van der Waals surface area (Å²) in [4.78, 5) is 25.5. The lowest BCUT2D eigenvalue weighted by Crippen LogP contribution is -2.33. The van der Waals surface area contributed by atoms with Crippen molar-refractivity contribution in [3.05, 3.63) is 94.6 Å². The summed E-state index contributed by atoms with van der Waals surface area (Å²) in [5.41, 5.74) is 6.77. The van der Waals surface area contributed by atoms with Crippen LogP contribution in [0.1, 0.15) is 40.8 Å². The summed E-state index contributed by atoms with van der Waals surface area (Å²) in [7, 11) is 0. The molecule has 2 aliphatic heterocycles. The van der Waals surface area contributed by atoms with E-state index in [0.29, 0.717) is 24.2 Å². The third kappa shape index (κ3) is 3.30. The normalized spacial score (nSPS) is 15.1. The van der Waals surface area contributed by atoms with Crippen LogP contribution in [0.2, 0.25) is 0 Å². The van der Waals surface area contributed by atoms with E-state index in [1.807, 2.05) is 43.3 Å². The van der Waals surface area contributed by atoms with Gasteiger partial charge in [-0.05, 0) is 35.7 Å². The summed E-state index contributed by atoms with van der Waals surface area (Å²) in [6.07, 6.45) is 1.93. The number of nitrogens with zero attached hydrogens (tertiary/aromatic N) is 3. The van der Waals surface area contributed by atoms with Gasteiger partial charge in [0.25, 0.3) is 5.91 Å². The van der Waals surface area contributed by atoms with Crippen LogP contribution in [0.3, 0.4) is 0 Å². The summed E-state index contributed by atoms with van der Waals surface area (Å²) in [6, 6.07) is 16.9. The van der Waals surface area contributed by atoms with Crippen LogP contribution in [-0.2, 0) is 17.8 Å². The van der Waals surface area contributed by atoms with Crippen molar-refractivity contribution in [3.8, 4) is 0 Å². The van der Waals surface area contributed by atoms with Crippen LogP contribution >= 0.6 is 0 Å². The van der Waals surface area contributed by atoms with E-state index < -0.39 is 5.95 Å². The number of benzene rings is 2. The molecule has 0 radical (unpaired) electrons. The number of halogens is 1. The maximum absolute atomic E-state index is 13.6. The molecule has 0 spiro atoms. The van der Waals surface area contributed by atoms with Crippen LogP contribution in [-0.4, -0.2) is 22.3 Å². The quantitative estimate of drug-likeness (QED) is 0.673.